The Bertz CT molecular complexity index is 877. The van der Waals surface area contributed by atoms with Crippen molar-refractivity contribution in [2.24, 2.45) is 0 Å². The summed E-state index contributed by atoms with van der Waals surface area (Å²) in [4.78, 5) is 17.8. The van der Waals surface area contributed by atoms with Crippen LogP contribution in [0, 0.1) is 0 Å². The minimum atomic E-state index is 0.111. The van der Waals surface area contributed by atoms with Crippen molar-refractivity contribution >= 4 is 33.2 Å². The molecule has 3 rings (SSSR count). The molecule has 0 atom stereocenters. The number of carbonyl (C=O) groups excluding carboxylic acids is 1. The van der Waals surface area contributed by atoms with Crippen LogP contribution in [-0.4, -0.2) is 45.6 Å². The highest BCUT2D eigenvalue weighted by atomic mass is 79.9. The fraction of sp³-hybridized carbons (Fsp3) is 0.300. The average Bonchev–Trinajstić information content (AvgIpc) is 3.30. The quantitative estimate of drug-likeness (QED) is 0.521. The number of hydrogen-bond acceptors (Lipinski definition) is 4. The minimum absolute atomic E-state index is 0.111. The fourth-order valence-electron chi connectivity index (χ4n) is 2.77. The Balaban J connectivity index is 1.56. The second-order valence-electron chi connectivity index (χ2n) is 6.39. The van der Waals surface area contributed by atoms with Gasteiger partial charge in [0.05, 0.1) is 22.2 Å². The number of nitrogens with zero attached hydrogens (tertiary/aromatic N) is 4. The van der Waals surface area contributed by atoms with Gasteiger partial charge in [-0.3, -0.25) is 9.69 Å². The van der Waals surface area contributed by atoms with E-state index in [1.54, 1.807) is 16.2 Å². The van der Waals surface area contributed by atoms with Gasteiger partial charge in [0.15, 0.2) is 0 Å². The van der Waals surface area contributed by atoms with E-state index in [1.165, 1.54) is 4.88 Å². The zero-order chi connectivity index (χ0) is 19.2. The standard InChI is InChI=1S/C20H23BrN4OS/c1-3-24(14-18-9-10-19(21)27-18)15-20(26)23(2)12-16-11-22-25(13-16)17-7-5-4-6-8-17/h4-11,13H,3,12,14-15H2,1-2H3. The largest absolute Gasteiger partial charge is 0.340 e. The zero-order valence-electron chi connectivity index (χ0n) is 15.5. The monoisotopic (exact) mass is 446 g/mol. The first-order valence-corrected chi connectivity index (χ1v) is 10.5. The molecule has 5 nitrogen and oxygen atoms in total. The number of thiophene rings is 1. The second-order valence-corrected chi connectivity index (χ2v) is 8.94. The van der Waals surface area contributed by atoms with Crippen molar-refractivity contribution in [2.45, 2.75) is 20.0 Å². The Kier molecular flexibility index (Phi) is 6.82. The Hall–Kier alpha value is -1.96. The lowest BCUT2D eigenvalue weighted by molar-refractivity contribution is -0.131. The van der Waals surface area contributed by atoms with Crippen LogP contribution >= 0.6 is 27.3 Å². The van der Waals surface area contributed by atoms with Gasteiger partial charge >= 0.3 is 0 Å². The van der Waals surface area contributed by atoms with E-state index in [0.29, 0.717) is 13.1 Å². The number of rotatable bonds is 8. The molecule has 0 bridgehead atoms. The molecule has 0 aliphatic carbocycles. The number of para-hydroxylation sites is 1. The molecule has 0 saturated heterocycles. The molecule has 1 amide bonds. The van der Waals surface area contributed by atoms with Crippen LogP contribution in [0.25, 0.3) is 5.69 Å². The molecular formula is C20H23BrN4OS. The van der Waals surface area contributed by atoms with Crippen LogP contribution in [0.3, 0.4) is 0 Å². The first kappa shape index (κ1) is 19.8. The van der Waals surface area contributed by atoms with Gasteiger partial charge in [-0.1, -0.05) is 25.1 Å². The smallest absolute Gasteiger partial charge is 0.236 e. The predicted octanol–water partition coefficient (Wildman–Crippen LogP) is 4.18. The molecule has 0 aliphatic heterocycles. The molecule has 1 aromatic carbocycles. The minimum Gasteiger partial charge on any atom is -0.340 e. The number of aromatic nitrogens is 2. The summed E-state index contributed by atoms with van der Waals surface area (Å²) in [5.41, 5.74) is 2.02. The highest BCUT2D eigenvalue weighted by Crippen LogP contribution is 2.23. The van der Waals surface area contributed by atoms with Crippen molar-refractivity contribution in [1.29, 1.82) is 0 Å². The number of hydrogen-bond donors (Lipinski definition) is 0. The molecule has 0 N–H and O–H groups in total. The maximum absolute atomic E-state index is 12.6. The molecule has 2 heterocycles. The van der Waals surface area contributed by atoms with Gasteiger partial charge < -0.3 is 4.90 Å². The number of amides is 1. The van der Waals surface area contributed by atoms with Crippen LogP contribution in [-0.2, 0) is 17.9 Å². The zero-order valence-corrected chi connectivity index (χ0v) is 17.9. The number of likely N-dealkylation sites (N-methyl/N-ethyl adjacent to an activating group) is 2. The first-order valence-electron chi connectivity index (χ1n) is 8.84. The molecular weight excluding hydrogens is 424 g/mol. The third-order valence-corrected chi connectivity index (χ3v) is 5.93. The van der Waals surface area contributed by atoms with Crippen molar-refractivity contribution in [2.75, 3.05) is 20.1 Å². The third kappa shape index (κ3) is 5.51. The summed E-state index contributed by atoms with van der Waals surface area (Å²) in [6.45, 7) is 4.67. The van der Waals surface area contributed by atoms with Gasteiger partial charge in [0.1, 0.15) is 0 Å². The Morgan fingerprint density at radius 2 is 1.96 bits per heavy atom. The number of halogens is 1. The van der Waals surface area contributed by atoms with Gasteiger partial charge in [-0.05, 0) is 46.7 Å². The molecule has 0 radical (unpaired) electrons. The fourth-order valence-corrected chi connectivity index (χ4v) is 4.30. The topological polar surface area (TPSA) is 41.4 Å². The summed E-state index contributed by atoms with van der Waals surface area (Å²) < 4.78 is 2.95. The molecule has 27 heavy (non-hydrogen) atoms. The summed E-state index contributed by atoms with van der Waals surface area (Å²) in [5.74, 6) is 0.111. The number of benzene rings is 1. The lowest BCUT2D eigenvalue weighted by Crippen LogP contribution is -2.37. The van der Waals surface area contributed by atoms with Crippen molar-refractivity contribution < 1.29 is 4.79 Å². The van der Waals surface area contributed by atoms with E-state index >= 15 is 0 Å². The van der Waals surface area contributed by atoms with Crippen molar-refractivity contribution in [1.82, 2.24) is 19.6 Å². The maximum atomic E-state index is 12.6. The van der Waals surface area contributed by atoms with E-state index in [2.05, 4.69) is 38.9 Å². The first-order chi connectivity index (χ1) is 13.0. The van der Waals surface area contributed by atoms with Gasteiger partial charge in [0, 0.05) is 36.8 Å². The van der Waals surface area contributed by atoms with E-state index in [4.69, 9.17) is 0 Å². The molecule has 0 spiro atoms. The van der Waals surface area contributed by atoms with Crippen LogP contribution < -0.4 is 0 Å². The van der Waals surface area contributed by atoms with Crippen molar-refractivity contribution in [3.05, 3.63) is 69.1 Å². The van der Waals surface area contributed by atoms with Crippen LogP contribution in [0.1, 0.15) is 17.4 Å². The third-order valence-electron chi connectivity index (χ3n) is 4.32. The summed E-state index contributed by atoms with van der Waals surface area (Å²) >= 11 is 5.20. The Morgan fingerprint density at radius 1 is 1.19 bits per heavy atom. The lowest BCUT2D eigenvalue weighted by Gasteiger charge is -2.23. The second kappa shape index (κ2) is 9.30. The molecule has 0 aliphatic rings. The Morgan fingerprint density at radius 3 is 2.63 bits per heavy atom. The highest BCUT2D eigenvalue weighted by Gasteiger charge is 2.15. The van der Waals surface area contributed by atoms with Gasteiger partial charge in [-0.15, -0.1) is 11.3 Å². The van der Waals surface area contributed by atoms with E-state index in [-0.39, 0.29) is 5.91 Å². The summed E-state index contributed by atoms with van der Waals surface area (Å²) in [6.07, 6.45) is 3.79. The molecule has 142 valence electrons. The Labute approximate surface area is 172 Å². The summed E-state index contributed by atoms with van der Waals surface area (Å²) in [7, 11) is 1.85. The molecule has 2 aromatic heterocycles. The van der Waals surface area contributed by atoms with Crippen LogP contribution in [0.4, 0.5) is 0 Å². The van der Waals surface area contributed by atoms with Gasteiger partial charge in [0.2, 0.25) is 5.91 Å². The van der Waals surface area contributed by atoms with Crippen LogP contribution in [0.2, 0.25) is 0 Å². The molecule has 0 unspecified atom stereocenters. The van der Waals surface area contributed by atoms with Gasteiger partial charge in [-0.2, -0.15) is 5.10 Å². The van der Waals surface area contributed by atoms with Gasteiger partial charge in [-0.25, -0.2) is 4.68 Å². The molecule has 3 aromatic rings. The van der Waals surface area contributed by atoms with E-state index < -0.39 is 0 Å². The normalized spacial score (nSPS) is 11.1. The molecule has 0 fully saturated rings. The molecule has 0 saturated carbocycles. The van der Waals surface area contributed by atoms with E-state index in [0.717, 1.165) is 28.1 Å². The lowest BCUT2D eigenvalue weighted by atomic mass is 10.3. The average molecular weight is 447 g/mol. The predicted molar refractivity (Wildman–Crippen MR) is 113 cm³/mol. The SMILES string of the molecule is CCN(CC(=O)N(C)Cc1cnn(-c2ccccc2)c1)Cc1ccc(Br)s1. The highest BCUT2D eigenvalue weighted by molar-refractivity contribution is 9.11. The van der Waals surface area contributed by atoms with E-state index in [9.17, 15) is 4.79 Å². The molecule has 7 heteroatoms. The maximum Gasteiger partial charge on any atom is 0.236 e. The van der Waals surface area contributed by atoms with Crippen molar-refractivity contribution in [3.63, 3.8) is 0 Å². The summed E-state index contributed by atoms with van der Waals surface area (Å²) in [5, 5.41) is 4.40. The van der Waals surface area contributed by atoms with E-state index in [1.807, 2.05) is 60.5 Å². The number of carbonyl (C=O) groups is 1. The van der Waals surface area contributed by atoms with Crippen LogP contribution in [0.15, 0.2) is 58.6 Å². The van der Waals surface area contributed by atoms with Crippen molar-refractivity contribution in [3.8, 4) is 5.69 Å². The van der Waals surface area contributed by atoms with Gasteiger partial charge in [0.25, 0.3) is 0 Å². The van der Waals surface area contributed by atoms with Crippen LogP contribution in [0.5, 0.6) is 0 Å². The summed E-state index contributed by atoms with van der Waals surface area (Å²) in [6, 6.07) is 14.1.